The van der Waals surface area contributed by atoms with E-state index in [4.69, 9.17) is 5.11 Å². The van der Waals surface area contributed by atoms with Gasteiger partial charge in [-0.3, -0.25) is 9.59 Å². The predicted molar refractivity (Wildman–Crippen MR) is 62.3 cm³/mol. The number of hydrogen-bond donors (Lipinski definition) is 1. The summed E-state index contributed by atoms with van der Waals surface area (Å²) in [5, 5.41) is 8.75. The number of carboxylic acids is 1. The number of carboxylic acid groups (broad SMARTS) is 1. The van der Waals surface area contributed by atoms with Crippen molar-refractivity contribution in [1.82, 2.24) is 9.21 Å². The monoisotopic (exact) mass is 276 g/mol. The molecule has 0 aromatic rings. The van der Waals surface area contributed by atoms with Crippen LogP contribution in [0.5, 0.6) is 0 Å². The van der Waals surface area contributed by atoms with Crippen LogP contribution in [0.3, 0.4) is 0 Å². The van der Waals surface area contributed by atoms with E-state index >= 15 is 0 Å². The number of hydrogen-bond acceptors (Lipinski definition) is 4. The normalized spacial score (nSPS) is 22.9. The zero-order chi connectivity index (χ0) is 13.3. The number of carbonyl (C=O) groups excluding carboxylic acids is 1. The van der Waals surface area contributed by atoms with Crippen molar-refractivity contribution in [3.05, 3.63) is 0 Å². The molecule has 0 atom stereocenters. The van der Waals surface area contributed by atoms with Crippen molar-refractivity contribution in [2.75, 3.05) is 25.4 Å². The third-order valence-electron chi connectivity index (χ3n) is 3.13. The first-order valence-electron chi connectivity index (χ1n) is 5.89. The van der Waals surface area contributed by atoms with Crippen LogP contribution in [0.25, 0.3) is 0 Å². The number of nitrogens with zero attached hydrogens (tertiary/aromatic N) is 2. The Balaban J connectivity index is 1.99. The molecule has 1 aliphatic heterocycles. The highest BCUT2D eigenvalue weighted by Crippen LogP contribution is 2.27. The first-order chi connectivity index (χ1) is 8.40. The van der Waals surface area contributed by atoms with E-state index in [0.717, 1.165) is 17.1 Å². The Morgan fingerprint density at radius 3 is 2.44 bits per heavy atom. The van der Waals surface area contributed by atoms with Gasteiger partial charge in [0, 0.05) is 12.6 Å². The summed E-state index contributed by atoms with van der Waals surface area (Å²) in [5.41, 5.74) is 0. The van der Waals surface area contributed by atoms with Gasteiger partial charge in [0.1, 0.15) is 6.54 Å². The average molecular weight is 276 g/mol. The zero-order valence-electron chi connectivity index (χ0n) is 9.91. The highest BCUT2D eigenvalue weighted by Gasteiger charge is 2.37. The van der Waals surface area contributed by atoms with Gasteiger partial charge in [0.15, 0.2) is 0 Å². The maximum atomic E-state index is 12.0. The van der Waals surface area contributed by atoms with E-state index in [0.29, 0.717) is 13.0 Å². The third-order valence-corrected chi connectivity index (χ3v) is 5.03. The highest BCUT2D eigenvalue weighted by molar-refractivity contribution is 7.89. The fraction of sp³-hybridized carbons (Fsp3) is 0.800. The van der Waals surface area contributed by atoms with E-state index in [1.807, 2.05) is 0 Å². The van der Waals surface area contributed by atoms with Crippen LogP contribution in [0.1, 0.15) is 19.3 Å². The molecule has 0 aromatic carbocycles. The molecule has 0 unspecified atom stereocenters. The minimum Gasteiger partial charge on any atom is -0.480 e. The van der Waals surface area contributed by atoms with E-state index in [1.165, 1.54) is 4.90 Å². The van der Waals surface area contributed by atoms with E-state index in [2.05, 4.69) is 0 Å². The van der Waals surface area contributed by atoms with E-state index in [1.54, 1.807) is 0 Å². The summed E-state index contributed by atoms with van der Waals surface area (Å²) in [6.45, 7) is -0.233. The molecule has 18 heavy (non-hydrogen) atoms. The van der Waals surface area contributed by atoms with Crippen LogP contribution in [-0.4, -0.2) is 66.0 Å². The summed E-state index contributed by atoms with van der Waals surface area (Å²) >= 11 is 0. The fourth-order valence-corrected chi connectivity index (χ4v) is 3.53. The van der Waals surface area contributed by atoms with Crippen molar-refractivity contribution >= 4 is 21.9 Å². The predicted octanol–water partition coefficient (Wildman–Crippen LogP) is -0.902. The smallest absolute Gasteiger partial charge is 0.323 e. The Kier molecular flexibility index (Phi) is 3.58. The van der Waals surface area contributed by atoms with Gasteiger partial charge in [-0.05, 0) is 19.3 Å². The molecule has 2 aliphatic rings. The van der Waals surface area contributed by atoms with Crippen molar-refractivity contribution in [2.45, 2.75) is 25.3 Å². The van der Waals surface area contributed by atoms with Crippen LogP contribution >= 0.6 is 0 Å². The van der Waals surface area contributed by atoms with Crippen LogP contribution < -0.4 is 0 Å². The molecule has 102 valence electrons. The van der Waals surface area contributed by atoms with Gasteiger partial charge in [0.2, 0.25) is 15.9 Å². The fourth-order valence-electron chi connectivity index (χ4n) is 2.06. The van der Waals surface area contributed by atoms with Gasteiger partial charge in [-0.25, -0.2) is 8.42 Å². The minimum atomic E-state index is -3.31. The summed E-state index contributed by atoms with van der Waals surface area (Å²) < 4.78 is 24.3. The number of rotatable bonds is 5. The van der Waals surface area contributed by atoms with E-state index < -0.39 is 21.9 Å². The van der Waals surface area contributed by atoms with Gasteiger partial charge in [0.05, 0.1) is 12.3 Å². The SMILES string of the molecule is O=C(O)CN(C(=O)CN1CCCS1(=O)=O)C1CC1. The second kappa shape index (κ2) is 4.85. The molecule has 1 heterocycles. The first kappa shape index (κ1) is 13.3. The maximum Gasteiger partial charge on any atom is 0.323 e. The van der Waals surface area contributed by atoms with Crippen LogP contribution in [-0.2, 0) is 19.6 Å². The Morgan fingerprint density at radius 1 is 1.33 bits per heavy atom. The molecular formula is C10H16N2O5S. The van der Waals surface area contributed by atoms with Crippen LogP contribution in [0.2, 0.25) is 0 Å². The van der Waals surface area contributed by atoms with Gasteiger partial charge >= 0.3 is 5.97 Å². The Morgan fingerprint density at radius 2 is 2.00 bits per heavy atom. The van der Waals surface area contributed by atoms with Crippen molar-refractivity contribution in [3.8, 4) is 0 Å². The summed E-state index contributed by atoms with van der Waals surface area (Å²) in [6, 6.07) is -0.0288. The summed E-state index contributed by atoms with van der Waals surface area (Å²) in [5.74, 6) is -1.41. The number of aliphatic carboxylic acids is 1. The molecule has 0 spiro atoms. The van der Waals surface area contributed by atoms with E-state index in [9.17, 15) is 18.0 Å². The Bertz CT molecular complexity index is 457. The lowest BCUT2D eigenvalue weighted by atomic mass is 10.4. The van der Waals surface area contributed by atoms with Crippen LogP contribution in [0.15, 0.2) is 0 Å². The molecule has 1 aliphatic carbocycles. The zero-order valence-corrected chi connectivity index (χ0v) is 10.7. The molecule has 0 bridgehead atoms. The minimum absolute atomic E-state index is 0.0288. The van der Waals surface area contributed by atoms with Crippen molar-refractivity contribution in [1.29, 1.82) is 0 Å². The molecule has 8 heteroatoms. The lowest BCUT2D eigenvalue weighted by Crippen LogP contribution is -2.44. The third kappa shape index (κ3) is 2.99. The average Bonchev–Trinajstić information content (AvgIpc) is 3.03. The summed E-state index contributed by atoms with van der Waals surface area (Å²) in [4.78, 5) is 23.9. The number of amides is 1. The van der Waals surface area contributed by atoms with Gasteiger partial charge in [-0.2, -0.15) is 4.31 Å². The number of sulfonamides is 1. The molecule has 0 aromatic heterocycles. The lowest BCUT2D eigenvalue weighted by molar-refractivity contribution is -0.144. The standard InChI is InChI=1S/C10H16N2O5S/c13-9(6-11-4-1-5-18(11,16)17)12(7-10(14)15)8-2-3-8/h8H,1-7H2,(H,14,15). The summed E-state index contributed by atoms with van der Waals surface area (Å²) in [6.07, 6.45) is 2.12. The van der Waals surface area contributed by atoms with Crippen molar-refractivity contribution < 1.29 is 23.1 Å². The van der Waals surface area contributed by atoms with Crippen LogP contribution in [0, 0.1) is 0 Å². The second-order valence-electron chi connectivity index (χ2n) is 4.65. The van der Waals surface area contributed by atoms with Crippen LogP contribution in [0.4, 0.5) is 0 Å². The Labute approximate surface area is 105 Å². The van der Waals surface area contributed by atoms with Gasteiger partial charge in [-0.1, -0.05) is 0 Å². The Hall–Kier alpha value is -1.15. The molecule has 1 N–H and O–H groups in total. The van der Waals surface area contributed by atoms with E-state index in [-0.39, 0.29) is 24.9 Å². The lowest BCUT2D eigenvalue weighted by Gasteiger charge is -2.23. The van der Waals surface area contributed by atoms with Crippen molar-refractivity contribution in [3.63, 3.8) is 0 Å². The first-order valence-corrected chi connectivity index (χ1v) is 7.50. The molecule has 7 nitrogen and oxygen atoms in total. The summed E-state index contributed by atoms with van der Waals surface area (Å²) in [7, 11) is -3.31. The molecule has 1 saturated carbocycles. The topological polar surface area (TPSA) is 95.0 Å². The van der Waals surface area contributed by atoms with Crippen molar-refractivity contribution in [2.24, 2.45) is 0 Å². The molecule has 2 rings (SSSR count). The molecule has 1 amide bonds. The highest BCUT2D eigenvalue weighted by atomic mass is 32.2. The largest absolute Gasteiger partial charge is 0.480 e. The molecular weight excluding hydrogens is 260 g/mol. The quantitative estimate of drug-likeness (QED) is 0.702. The molecule has 0 radical (unpaired) electrons. The molecule has 2 fully saturated rings. The molecule has 1 saturated heterocycles. The van der Waals surface area contributed by atoms with Gasteiger partial charge in [-0.15, -0.1) is 0 Å². The second-order valence-corrected chi connectivity index (χ2v) is 6.74. The van der Waals surface area contributed by atoms with Gasteiger partial charge < -0.3 is 10.0 Å². The number of carbonyl (C=O) groups is 2. The maximum absolute atomic E-state index is 12.0. The van der Waals surface area contributed by atoms with Gasteiger partial charge in [0.25, 0.3) is 0 Å².